The van der Waals surface area contributed by atoms with Crippen LogP contribution in [0.2, 0.25) is 0 Å². The van der Waals surface area contributed by atoms with Gasteiger partial charge in [-0.1, -0.05) is 42.5 Å². The molecular formula is C19H17NO5. The molecule has 0 N–H and O–H groups in total. The van der Waals surface area contributed by atoms with Crippen LogP contribution in [-0.4, -0.2) is 23.3 Å². The zero-order chi connectivity index (χ0) is 18.2. The van der Waals surface area contributed by atoms with Gasteiger partial charge in [0.25, 0.3) is 5.69 Å². The normalized spacial score (nSPS) is 11.0. The Labute approximate surface area is 144 Å². The zero-order valence-corrected chi connectivity index (χ0v) is 13.7. The highest BCUT2D eigenvalue weighted by atomic mass is 16.6. The molecule has 0 bridgehead atoms. The summed E-state index contributed by atoms with van der Waals surface area (Å²) in [5, 5.41) is 11.1. The molecule has 0 aliphatic carbocycles. The van der Waals surface area contributed by atoms with Crippen molar-refractivity contribution >= 4 is 23.5 Å². The van der Waals surface area contributed by atoms with Gasteiger partial charge in [-0.15, -0.1) is 0 Å². The van der Waals surface area contributed by atoms with E-state index in [1.807, 2.05) is 0 Å². The van der Waals surface area contributed by atoms with E-state index in [9.17, 15) is 19.7 Å². The zero-order valence-electron chi connectivity index (χ0n) is 13.7. The SMILES string of the molecule is CCOC(=O)/C(=C/c1ccccc1[N+](=O)[O-])CC(=O)c1ccccc1. The molecule has 2 aromatic carbocycles. The predicted molar refractivity (Wildman–Crippen MR) is 93.1 cm³/mol. The highest BCUT2D eigenvalue weighted by Gasteiger charge is 2.19. The van der Waals surface area contributed by atoms with Crippen LogP contribution in [-0.2, 0) is 9.53 Å². The van der Waals surface area contributed by atoms with Crippen molar-refractivity contribution in [1.29, 1.82) is 0 Å². The van der Waals surface area contributed by atoms with Crippen LogP contribution in [0.5, 0.6) is 0 Å². The molecule has 128 valence electrons. The van der Waals surface area contributed by atoms with E-state index in [0.29, 0.717) is 5.56 Å². The van der Waals surface area contributed by atoms with Gasteiger partial charge in [0.15, 0.2) is 5.78 Å². The molecule has 6 heteroatoms. The van der Waals surface area contributed by atoms with E-state index in [1.165, 1.54) is 24.3 Å². The van der Waals surface area contributed by atoms with Crippen LogP contribution >= 0.6 is 0 Å². The Kier molecular flexibility index (Phi) is 6.17. The van der Waals surface area contributed by atoms with Crippen LogP contribution < -0.4 is 0 Å². The molecule has 0 spiro atoms. The summed E-state index contributed by atoms with van der Waals surface area (Å²) >= 11 is 0. The van der Waals surface area contributed by atoms with Gasteiger partial charge in [-0.25, -0.2) is 4.79 Å². The number of nitrogens with zero attached hydrogens (tertiary/aromatic N) is 1. The van der Waals surface area contributed by atoms with Crippen molar-refractivity contribution in [3.8, 4) is 0 Å². The first kappa shape index (κ1) is 18.1. The van der Waals surface area contributed by atoms with Gasteiger partial charge >= 0.3 is 5.97 Å². The van der Waals surface area contributed by atoms with E-state index in [-0.39, 0.29) is 35.6 Å². The summed E-state index contributed by atoms with van der Waals surface area (Å²) in [4.78, 5) is 35.2. The van der Waals surface area contributed by atoms with Crippen molar-refractivity contribution in [3.05, 3.63) is 81.4 Å². The molecule has 0 aliphatic heterocycles. The lowest BCUT2D eigenvalue weighted by molar-refractivity contribution is -0.385. The molecule has 0 saturated heterocycles. The lowest BCUT2D eigenvalue weighted by Crippen LogP contribution is -2.12. The number of para-hydroxylation sites is 1. The molecular weight excluding hydrogens is 322 g/mol. The highest BCUT2D eigenvalue weighted by molar-refractivity contribution is 6.05. The van der Waals surface area contributed by atoms with Crippen molar-refractivity contribution in [2.24, 2.45) is 0 Å². The standard InChI is InChI=1S/C19H17NO5/c1-2-25-19(22)16(13-18(21)14-8-4-3-5-9-14)12-15-10-6-7-11-17(15)20(23)24/h3-12H,2,13H2,1H3/b16-12+. The van der Waals surface area contributed by atoms with E-state index in [2.05, 4.69) is 0 Å². The summed E-state index contributed by atoms with van der Waals surface area (Å²) in [6.07, 6.45) is 1.14. The molecule has 0 aliphatic rings. The van der Waals surface area contributed by atoms with Crippen LogP contribution in [0.25, 0.3) is 6.08 Å². The van der Waals surface area contributed by atoms with Crippen molar-refractivity contribution in [3.63, 3.8) is 0 Å². The summed E-state index contributed by atoms with van der Waals surface area (Å²) in [7, 11) is 0. The Balaban J connectivity index is 2.38. The molecule has 0 aromatic heterocycles. The third-order valence-electron chi connectivity index (χ3n) is 3.45. The first-order valence-corrected chi connectivity index (χ1v) is 7.72. The van der Waals surface area contributed by atoms with E-state index in [1.54, 1.807) is 43.3 Å². The number of hydrogen-bond donors (Lipinski definition) is 0. The molecule has 2 aromatic rings. The first-order chi connectivity index (χ1) is 12.0. The van der Waals surface area contributed by atoms with Crippen LogP contribution in [0.1, 0.15) is 29.3 Å². The minimum Gasteiger partial charge on any atom is -0.463 e. The van der Waals surface area contributed by atoms with Gasteiger partial charge in [-0.2, -0.15) is 0 Å². The Morgan fingerprint density at radius 1 is 1.08 bits per heavy atom. The van der Waals surface area contributed by atoms with Gasteiger partial charge < -0.3 is 4.74 Å². The lowest BCUT2D eigenvalue weighted by atomic mass is 10.0. The van der Waals surface area contributed by atoms with E-state index in [4.69, 9.17) is 4.74 Å². The molecule has 0 fully saturated rings. The van der Waals surface area contributed by atoms with Crippen molar-refractivity contribution < 1.29 is 19.2 Å². The number of carbonyl (C=O) groups excluding carboxylic acids is 2. The van der Waals surface area contributed by atoms with E-state index < -0.39 is 10.9 Å². The van der Waals surface area contributed by atoms with Gasteiger partial charge in [0.05, 0.1) is 17.1 Å². The molecule has 0 radical (unpaired) electrons. The number of nitro groups is 1. The van der Waals surface area contributed by atoms with Crippen molar-refractivity contribution in [2.45, 2.75) is 13.3 Å². The molecule has 0 amide bonds. The second-order valence-corrected chi connectivity index (χ2v) is 5.17. The molecule has 0 atom stereocenters. The van der Waals surface area contributed by atoms with Gasteiger partial charge in [0.2, 0.25) is 0 Å². The molecule has 0 heterocycles. The monoisotopic (exact) mass is 339 g/mol. The maximum Gasteiger partial charge on any atom is 0.334 e. The quantitative estimate of drug-likeness (QED) is 0.252. The number of nitro benzene ring substituents is 1. The first-order valence-electron chi connectivity index (χ1n) is 7.72. The topological polar surface area (TPSA) is 86.5 Å². The predicted octanol–water partition coefficient (Wildman–Crippen LogP) is 3.81. The van der Waals surface area contributed by atoms with Gasteiger partial charge in [-0.05, 0) is 19.1 Å². The Hall–Kier alpha value is -3.28. The van der Waals surface area contributed by atoms with Crippen LogP contribution in [0.4, 0.5) is 5.69 Å². The lowest BCUT2D eigenvalue weighted by Gasteiger charge is -2.07. The third kappa shape index (κ3) is 4.84. The fraction of sp³-hybridized carbons (Fsp3) is 0.158. The smallest absolute Gasteiger partial charge is 0.334 e. The maximum atomic E-state index is 12.4. The van der Waals surface area contributed by atoms with Gasteiger partial charge in [0, 0.05) is 23.6 Å². The van der Waals surface area contributed by atoms with Gasteiger partial charge in [-0.3, -0.25) is 14.9 Å². The fourth-order valence-corrected chi connectivity index (χ4v) is 2.27. The summed E-state index contributed by atoms with van der Waals surface area (Å²) < 4.78 is 4.98. The van der Waals surface area contributed by atoms with E-state index in [0.717, 1.165) is 0 Å². The number of rotatable bonds is 7. The highest BCUT2D eigenvalue weighted by Crippen LogP contribution is 2.23. The average molecular weight is 339 g/mol. The Bertz CT molecular complexity index is 812. The fourth-order valence-electron chi connectivity index (χ4n) is 2.27. The van der Waals surface area contributed by atoms with Crippen LogP contribution in [0, 0.1) is 10.1 Å². The summed E-state index contributed by atoms with van der Waals surface area (Å²) in [5.41, 5.74) is 0.637. The second kappa shape index (κ2) is 8.54. The second-order valence-electron chi connectivity index (χ2n) is 5.17. The number of ketones is 1. The molecule has 2 rings (SSSR count). The number of carbonyl (C=O) groups is 2. The number of hydrogen-bond acceptors (Lipinski definition) is 5. The molecule has 6 nitrogen and oxygen atoms in total. The van der Waals surface area contributed by atoms with E-state index >= 15 is 0 Å². The van der Waals surface area contributed by atoms with Gasteiger partial charge in [0.1, 0.15) is 0 Å². The minimum atomic E-state index is -0.662. The van der Waals surface area contributed by atoms with Crippen LogP contribution in [0.15, 0.2) is 60.2 Å². The summed E-state index contributed by atoms with van der Waals surface area (Å²) in [6, 6.07) is 14.6. The summed E-state index contributed by atoms with van der Waals surface area (Å²) in [5.74, 6) is -0.927. The Morgan fingerprint density at radius 2 is 1.72 bits per heavy atom. The Morgan fingerprint density at radius 3 is 2.36 bits per heavy atom. The van der Waals surface area contributed by atoms with Crippen molar-refractivity contribution in [1.82, 2.24) is 0 Å². The number of Topliss-reactive ketones (excluding diaryl/α,β-unsaturated/α-hetero) is 1. The maximum absolute atomic E-state index is 12.4. The third-order valence-corrected chi connectivity index (χ3v) is 3.45. The minimum absolute atomic E-state index is 0.0741. The average Bonchev–Trinajstić information content (AvgIpc) is 2.62. The number of esters is 1. The number of benzene rings is 2. The van der Waals surface area contributed by atoms with Crippen LogP contribution in [0.3, 0.4) is 0 Å². The molecule has 25 heavy (non-hydrogen) atoms. The largest absolute Gasteiger partial charge is 0.463 e. The van der Waals surface area contributed by atoms with Crippen molar-refractivity contribution in [2.75, 3.05) is 6.61 Å². The summed E-state index contributed by atoms with van der Waals surface area (Å²) in [6.45, 7) is 1.80. The number of ether oxygens (including phenoxy) is 1. The molecule has 0 unspecified atom stereocenters. The molecule has 0 saturated carbocycles.